The molecule has 2 amide bonds. The lowest BCUT2D eigenvalue weighted by Gasteiger charge is -2.21. The highest BCUT2D eigenvalue weighted by Gasteiger charge is 2.18. The number of amides is 2. The van der Waals surface area contributed by atoms with E-state index in [0.29, 0.717) is 11.4 Å². The second kappa shape index (κ2) is 12.4. The second-order valence-electron chi connectivity index (χ2n) is 11.0. The first-order chi connectivity index (χ1) is 18.3. The standard InChI is InChI=1S/C31H35N3O5/c1-30(2,3)38-28(36)16-13-21-9-11-22(12-10-21)18-27(35)33-26-19-23(24-8-7-17-32-20-24)14-15-25(26)34-29(37)39-31(4,5)6/h7-17,19-20H,18H2,1-6H3,(H,33,35)(H,34,37). The fourth-order valence-corrected chi connectivity index (χ4v) is 3.51. The van der Waals surface area contributed by atoms with Gasteiger partial charge in [0.2, 0.25) is 5.91 Å². The van der Waals surface area contributed by atoms with E-state index in [0.717, 1.165) is 22.3 Å². The number of carbonyl (C=O) groups is 3. The predicted octanol–water partition coefficient (Wildman–Crippen LogP) is 6.63. The molecule has 0 bridgehead atoms. The zero-order valence-electron chi connectivity index (χ0n) is 23.2. The van der Waals surface area contributed by atoms with Crippen LogP contribution in [0.25, 0.3) is 17.2 Å². The third kappa shape index (κ3) is 10.1. The molecule has 0 saturated heterocycles. The number of esters is 1. The number of anilines is 2. The van der Waals surface area contributed by atoms with E-state index in [4.69, 9.17) is 9.47 Å². The number of hydrogen-bond donors (Lipinski definition) is 2. The van der Waals surface area contributed by atoms with Crippen molar-refractivity contribution in [1.29, 1.82) is 0 Å². The van der Waals surface area contributed by atoms with Gasteiger partial charge in [-0.2, -0.15) is 0 Å². The number of carbonyl (C=O) groups excluding carboxylic acids is 3. The van der Waals surface area contributed by atoms with Crippen LogP contribution in [0, 0.1) is 0 Å². The van der Waals surface area contributed by atoms with Gasteiger partial charge in [0, 0.05) is 24.0 Å². The molecule has 1 aromatic heterocycles. The third-order valence-corrected chi connectivity index (χ3v) is 5.09. The lowest BCUT2D eigenvalue weighted by atomic mass is 10.1. The number of ether oxygens (including phenoxy) is 2. The van der Waals surface area contributed by atoms with Crippen LogP contribution < -0.4 is 10.6 Å². The summed E-state index contributed by atoms with van der Waals surface area (Å²) in [7, 11) is 0. The van der Waals surface area contributed by atoms with Crippen LogP contribution in [-0.2, 0) is 25.5 Å². The van der Waals surface area contributed by atoms with Crippen molar-refractivity contribution in [2.75, 3.05) is 10.6 Å². The molecule has 204 valence electrons. The van der Waals surface area contributed by atoms with Gasteiger partial charge in [-0.25, -0.2) is 9.59 Å². The number of hydrogen-bond acceptors (Lipinski definition) is 6. The minimum Gasteiger partial charge on any atom is -0.457 e. The molecule has 0 aliphatic carbocycles. The molecule has 0 spiro atoms. The van der Waals surface area contributed by atoms with E-state index in [9.17, 15) is 14.4 Å². The number of nitrogens with one attached hydrogen (secondary N) is 2. The van der Waals surface area contributed by atoms with Gasteiger partial charge in [0.1, 0.15) is 11.2 Å². The maximum absolute atomic E-state index is 13.0. The Hall–Kier alpha value is -4.46. The molecule has 0 aliphatic rings. The molecule has 8 heteroatoms. The molecule has 3 rings (SSSR count). The highest BCUT2D eigenvalue weighted by atomic mass is 16.6. The Bertz CT molecular complexity index is 1340. The summed E-state index contributed by atoms with van der Waals surface area (Å²) in [6, 6.07) is 16.4. The van der Waals surface area contributed by atoms with E-state index in [1.54, 1.807) is 51.4 Å². The number of aromatic nitrogens is 1. The molecule has 8 nitrogen and oxygen atoms in total. The molecule has 39 heavy (non-hydrogen) atoms. The van der Waals surface area contributed by atoms with Gasteiger partial charge in [-0.05, 0) is 82.5 Å². The maximum Gasteiger partial charge on any atom is 0.412 e. The minimum atomic E-state index is -0.669. The van der Waals surface area contributed by atoms with Crippen molar-refractivity contribution >= 4 is 35.4 Å². The molecule has 0 fully saturated rings. The van der Waals surface area contributed by atoms with Crippen LogP contribution >= 0.6 is 0 Å². The normalized spacial score (nSPS) is 11.6. The first kappa shape index (κ1) is 29.1. The summed E-state index contributed by atoms with van der Waals surface area (Å²) in [6.07, 6.45) is 5.93. The van der Waals surface area contributed by atoms with Crippen molar-refractivity contribution in [2.45, 2.75) is 59.2 Å². The molecule has 2 N–H and O–H groups in total. The monoisotopic (exact) mass is 529 g/mol. The molecule has 0 saturated carbocycles. The Labute approximate surface area is 229 Å². The summed E-state index contributed by atoms with van der Waals surface area (Å²) in [5, 5.41) is 5.63. The molecule has 0 aliphatic heterocycles. The van der Waals surface area contributed by atoms with Gasteiger partial charge in [0.05, 0.1) is 17.8 Å². The van der Waals surface area contributed by atoms with Crippen LogP contribution in [0.1, 0.15) is 52.7 Å². The van der Waals surface area contributed by atoms with E-state index in [2.05, 4.69) is 15.6 Å². The van der Waals surface area contributed by atoms with Crippen LogP contribution in [0.5, 0.6) is 0 Å². The Morgan fingerprint density at radius 2 is 1.51 bits per heavy atom. The quantitative estimate of drug-likeness (QED) is 0.263. The van der Waals surface area contributed by atoms with Crippen LogP contribution in [0.2, 0.25) is 0 Å². The molecule has 3 aromatic rings. The summed E-state index contributed by atoms with van der Waals surface area (Å²) in [5.41, 5.74) is 2.90. The van der Waals surface area contributed by atoms with Crippen molar-refractivity contribution in [2.24, 2.45) is 0 Å². The van der Waals surface area contributed by atoms with Gasteiger partial charge in [-0.3, -0.25) is 15.1 Å². The first-order valence-corrected chi connectivity index (χ1v) is 12.6. The van der Waals surface area contributed by atoms with Gasteiger partial charge in [-0.15, -0.1) is 0 Å². The molecule has 0 unspecified atom stereocenters. The summed E-state index contributed by atoms with van der Waals surface area (Å²) in [4.78, 5) is 41.5. The predicted molar refractivity (Wildman–Crippen MR) is 153 cm³/mol. The van der Waals surface area contributed by atoms with Crippen molar-refractivity contribution in [3.8, 4) is 11.1 Å². The van der Waals surface area contributed by atoms with E-state index >= 15 is 0 Å². The average molecular weight is 530 g/mol. The molecule has 0 radical (unpaired) electrons. The van der Waals surface area contributed by atoms with Crippen LogP contribution in [0.3, 0.4) is 0 Å². The lowest BCUT2D eigenvalue weighted by molar-refractivity contribution is -0.148. The fraction of sp³-hybridized carbons (Fsp3) is 0.290. The van der Waals surface area contributed by atoms with Crippen molar-refractivity contribution in [3.05, 3.63) is 84.2 Å². The molecule has 0 atom stereocenters. The molecule has 2 aromatic carbocycles. The number of pyridine rings is 1. The summed E-state index contributed by atoms with van der Waals surface area (Å²) in [6.45, 7) is 10.8. The lowest BCUT2D eigenvalue weighted by Crippen LogP contribution is -2.27. The SMILES string of the molecule is CC(C)(C)OC(=O)C=Cc1ccc(CC(=O)Nc2cc(-c3cccnc3)ccc2NC(=O)OC(C)(C)C)cc1. The Morgan fingerprint density at radius 1 is 0.821 bits per heavy atom. The fourth-order valence-electron chi connectivity index (χ4n) is 3.51. The summed E-state index contributed by atoms with van der Waals surface area (Å²) in [5.74, 6) is -0.683. The Balaban J connectivity index is 1.73. The highest BCUT2D eigenvalue weighted by Crippen LogP contribution is 2.29. The van der Waals surface area contributed by atoms with Crippen LogP contribution in [0.4, 0.5) is 16.2 Å². The zero-order chi connectivity index (χ0) is 28.6. The number of benzene rings is 2. The summed E-state index contributed by atoms with van der Waals surface area (Å²) >= 11 is 0. The maximum atomic E-state index is 13.0. The Morgan fingerprint density at radius 3 is 2.13 bits per heavy atom. The highest BCUT2D eigenvalue weighted by molar-refractivity contribution is 5.99. The van der Waals surface area contributed by atoms with Crippen molar-refractivity contribution in [3.63, 3.8) is 0 Å². The molecular formula is C31H35N3O5. The van der Waals surface area contributed by atoms with Gasteiger partial charge < -0.3 is 14.8 Å². The topological polar surface area (TPSA) is 107 Å². The Kier molecular flexibility index (Phi) is 9.24. The smallest absolute Gasteiger partial charge is 0.412 e. The van der Waals surface area contributed by atoms with Crippen molar-refractivity contribution < 1.29 is 23.9 Å². The minimum absolute atomic E-state index is 0.110. The van der Waals surface area contributed by atoms with E-state index in [1.807, 2.05) is 63.2 Å². The molecular weight excluding hydrogens is 494 g/mol. The van der Waals surface area contributed by atoms with Gasteiger partial charge >= 0.3 is 12.1 Å². The van der Waals surface area contributed by atoms with Gasteiger partial charge in [0.25, 0.3) is 0 Å². The van der Waals surface area contributed by atoms with Crippen LogP contribution in [0.15, 0.2) is 73.1 Å². The number of nitrogens with zero attached hydrogens (tertiary/aromatic N) is 1. The van der Waals surface area contributed by atoms with E-state index < -0.39 is 23.3 Å². The third-order valence-electron chi connectivity index (χ3n) is 5.09. The molecule has 1 heterocycles. The van der Waals surface area contributed by atoms with Gasteiger partial charge in [-0.1, -0.05) is 36.4 Å². The zero-order valence-corrected chi connectivity index (χ0v) is 23.2. The number of rotatable bonds is 7. The largest absolute Gasteiger partial charge is 0.457 e. The van der Waals surface area contributed by atoms with E-state index in [-0.39, 0.29) is 12.3 Å². The first-order valence-electron chi connectivity index (χ1n) is 12.6. The van der Waals surface area contributed by atoms with Gasteiger partial charge in [0.15, 0.2) is 0 Å². The average Bonchev–Trinajstić information content (AvgIpc) is 2.83. The van der Waals surface area contributed by atoms with E-state index in [1.165, 1.54) is 6.08 Å². The summed E-state index contributed by atoms with van der Waals surface area (Å²) < 4.78 is 10.6. The van der Waals surface area contributed by atoms with Crippen LogP contribution in [-0.4, -0.2) is 34.2 Å². The van der Waals surface area contributed by atoms with Crippen molar-refractivity contribution in [1.82, 2.24) is 4.98 Å². The second-order valence-corrected chi connectivity index (χ2v) is 11.0.